The van der Waals surface area contributed by atoms with Crippen LogP contribution in [-0.4, -0.2) is 57.1 Å². The monoisotopic (exact) mass is 421 g/mol. The molecule has 1 aliphatic heterocycles. The predicted octanol–water partition coefficient (Wildman–Crippen LogP) is 2.53. The molecule has 0 spiro atoms. The first-order valence-electron chi connectivity index (χ1n) is 9.18. The number of nitrogens with zero attached hydrogens (tertiary/aromatic N) is 2. The molecule has 150 valence electrons. The molecule has 6 nitrogen and oxygen atoms in total. The van der Waals surface area contributed by atoms with Crippen LogP contribution in [0.15, 0.2) is 48.5 Å². The first-order chi connectivity index (χ1) is 13.3. The molecule has 1 N–H and O–H groups in total. The molecule has 1 fully saturated rings. The number of benzene rings is 2. The summed E-state index contributed by atoms with van der Waals surface area (Å²) < 4.78 is 26.7. The second kappa shape index (κ2) is 8.94. The highest BCUT2D eigenvalue weighted by Crippen LogP contribution is 2.19. The second-order valence-electron chi connectivity index (χ2n) is 6.81. The van der Waals surface area contributed by atoms with Gasteiger partial charge in [-0.2, -0.15) is 4.31 Å². The van der Waals surface area contributed by atoms with Crippen LogP contribution >= 0.6 is 11.6 Å². The number of hydrogen-bond donors (Lipinski definition) is 1. The van der Waals surface area contributed by atoms with E-state index in [1.54, 1.807) is 24.3 Å². The zero-order valence-electron chi connectivity index (χ0n) is 15.8. The van der Waals surface area contributed by atoms with Crippen molar-refractivity contribution in [1.29, 1.82) is 0 Å². The summed E-state index contributed by atoms with van der Waals surface area (Å²) in [5.41, 5.74) is 2.71. The van der Waals surface area contributed by atoms with Crippen molar-refractivity contribution >= 4 is 33.2 Å². The summed E-state index contributed by atoms with van der Waals surface area (Å²) in [6.07, 6.45) is 0. The van der Waals surface area contributed by atoms with Crippen molar-refractivity contribution in [3.05, 3.63) is 64.7 Å². The van der Waals surface area contributed by atoms with E-state index < -0.39 is 10.0 Å². The molecule has 2 aromatic rings. The lowest BCUT2D eigenvalue weighted by Gasteiger charge is -2.35. The molecule has 0 saturated carbocycles. The van der Waals surface area contributed by atoms with Crippen molar-refractivity contribution in [2.75, 3.05) is 43.4 Å². The van der Waals surface area contributed by atoms with Gasteiger partial charge in [0, 0.05) is 49.0 Å². The fraction of sp³-hybridized carbons (Fsp3) is 0.350. The minimum Gasteiger partial charge on any atom is -0.369 e. The largest absolute Gasteiger partial charge is 0.369 e. The third-order valence-corrected chi connectivity index (χ3v) is 6.84. The van der Waals surface area contributed by atoms with Gasteiger partial charge in [-0.3, -0.25) is 4.79 Å². The molecular formula is C20H24ClN3O3S. The van der Waals surface area contributed by atoms with Crippen molar-refractivity contribution in [3.63, 3.8) is 0 Å². The van der Waals surface area contributed by atoms with Crippen LogP contribution in [-0.2, 0) is 10.0 Å². The number of sulfonamides is 1. The highest BCUT2D eigenvalue weighted by molar-refractivity contribution is 7.89. The molecule has 28 heavy (non-hydrogen) atoms. The Morgan fingerprint density at radius 3 is 2.46 bits per heavy atom. The van der Waals surface area contributed by atoms with Gasteiger partial charge in [-0.05, 0) is 42.8 Å². The minimum absolute atomic E-state index is 0.0613. The molecular weight excluding hydrogens is 398 g/mol. The van der Waals surface area contributed by atoms with Gasteiger partial charge in [0.2, 0.25) is 10.0 Å². The Kier molecular flexibility index (Phi) is 6.59. The fourth-order valence-corrected chi connectivity index (χ4v) is 4.73. The number of nitrogens with one attached hydrogen (secondary N) is 1. The fourth-order valence-electron chi connectivity index (χ4n) is 3.20. The van der Waals surface area contributed by atoms with Crippen LogP contribution in [0.2, 0.25) is 5.02 Å². The number of rotatable bonds is 6. The number of halogens is 1. The molecule has 0 bridgehead atoms. The maximum absolute atomic E-state index is 12.6. The number of hydrogen-bond acceptors (Lipinski definition) is 4. The smallest absolute Gasteiger partial charge is 0.251 e. The molecule has 1 aliphatic rings. The van der Waals surface area contributed by atoms with E-state index in [0.29, 0.717) is 36.8 Å². The number of carbonyl (C=O) groups excluding carboxylic acids is 1. The lowest BCUT2D eigenvalue weighted by molar-refractivity contribution is 0.0956. The van der Waals surface area contributed by atoms with Crippen LogP contribution < -0.4 is 10.2 Å². The van der Waals surface area contributed by atoms with Gasteiger partial charge in [-0.1, -0.05) is 29.8 Å². The third-order valence-electron chi connectivity index (χ3n) is 4.73. The first kappa shape index (κ1) is 20.6. The summed E-state index contributed by atoms with van der Waals surface area (Å²) in [5, 5.41) is 3.11. The second-order valence-corrected chi connectivity index (χ2v) is 9.33. The standard InChI is InChI=1S/C20H24ClN3O3S/c1-16-4-2-7-19(14-16)23-9-11-24(12-10-23)28(26,27)13-8-22-20(25)17-5-3-6-18(21)15-17/h2-7,14-15H,8-13H2,1H3,(H,22,25). The molecule has 2 aromatic carbocycles. The highest BCUT2D eigenvalue weighted by atomic mass is 35.5. The topological polar surface area (TPSA) is 69.7 Å². The van der Waals surface area contributed by atoms with Crippen LogP contribution in [0.3, 0.4) is 0 Å². The summed E-state index contributed by atoms with van der Waals surface area (Å²) in [7, 11) is -3.42. The number of piperazine rings is 1. The van der Waals surface area contributed by atoms with E-state index in [4.69, 9.17) is 11.6 Å². The molecule has 8 heteroatoms. The van der Waals surface area contributed by atoms with E-state index in [1.165, 1.54) is 9.87 Å². The Labute approximate surface area is 171 Å². The number of aryl methyl sites for hydroxylation is 1. The molecule has 0 aromatic heterocycles. The average molecular weight is 422 g/mol. The molecule has 0 aliphatic carbocycles. The summed E-state index contributed by atoms with van der Waals surface area (Å²) in [5.74, 6) is -0.453. The maximum atomic E-state index is 12.6. The summed E-state index contributed by atoms with van der Waals surface area (Å²) in [6, 6.07) is 14.8. The predicted molar refractivity (Wildman–Crippen MR) is 113 cm³/mol. The summed E-state index contributed by atoms with van der Waals surface area (Å²) >= 11 is 5.88. The van der Waals surface area contributed by atoms with Crippen LogP contribution in [0.5, 0.6) is 0 Å². The number of carbonyl (C=O) groups is 1. The van der Waals surface area contributed by atoms with Gasteiger partial charge < -0.3 is 10.2 Å². The lowest BCUT2D eigenvalue weighted by atomic mass is 10.2. The Morgan fingerprint density at radius 1 is 1.07 bits per heavy atom. The highest BCUT2D eigenvalue weighted by Gasteiger charge is 2.27. The van der Waals surface area contributed by atoms with Crippen LogP contribution in [0.25, 0.3) is 0 Å². The molecule has 0 atom stereocenters. The van der Waals surface area contributed by atoms with E-state index in [2.05, 4.69) is 16.3 Å². The van der Waals surface area contributed by atoms with Gasteiger partial charge in [-0.15, -0.1) is 0 Å². The van der Waals surface area contributed by atoms with E-state index in [9.17, 15) is 13.2 Å². The third kappa shape index (κ3) is 5.25. The van der Waals surface area contributed by atoms with Gasteiger partial charge >= 0.3 is 0 Å². The summed E-state index contributed by atoms with van der Waals surface area (Å²) in [4.78, 5) is 14.3. The van der Waals surface area contributed by atoms with Crippen molar-refractivity contribution in [2.24, 2.45) is 0 Å². The maximum Gasteiger partial charge on any atom is 0.251 e. The molecule has 0 radical (unpaired) electrons. The zero-order chi connectivity index (χ0) is 20.1. The van der Waals surface area contributed by atoms with E-state index in [-0.39, 0.29) is 18.2 Å². The van der Waals surface area contributed by atoms with Crippen LogP contribution in [0.4, 0.5) is 5.69 Å². The Bertz CT molecular complexity index is 941. The van der Waals surface area contributed by atoms with Crippen LogP contribution in [0, 0.1) is 6.92 Å². The van der Waals surface area contributed by atoms with Crippen molar-refractivity contribution in [1.82, 2.24) is 9.62 Å². The Morgan fingerprint density at radius 2 is 1.79 bits per heavy atom. The molecule has 1 saturated heterocycles. The van der Waals surface area contributed by atoms with Crippen molar-refractivity contribution in [3.8, 4) is 0 Å². The zero-order valence-corrected chi connectivity index (χ0v) is 17.3. The van der Waals surface area contributed by atoms with Gasteiger partial charge in [-0.25, -0.2) is 8.42 Å². The van der Waals surface area contributed by atoms with Crippen molar-refractivity contribution < 1.29 is 13.2 Å². The van der Waals surface area contributed by atoms with Gasteiger partial charge in [0.15, 0.2) is 0 Å². The molecule has 0 unspecified atom stereocenters. The normalized spacial score (nSPS) is 15.4. The SMILES string of the molecule is Cc1cccc(N2CCN(S(=O)(=O)CCNC(=O)c3cccc(Cl)c3)CC2)c1. The van der Waals surface area contributed by atoms with Gasteiger partial charge in [0.05, 0.1) is 5.75 Å². The first-order valence-corrected chi connectivity index (χ1v) is 11.2. The van der Waals surface area contributed by atoms with Crippen molar-refractivity contribution in [2.45, 2.75) is 6.92 Å². The number of anilines is 1. The van der Waals surface area contributed by atoms with E-state index in [0.717, 1.165) is 5.69 Å². The van der Waals surface area contributed by atoms with Gasteiger partial charge in [0.1, 0.15) is 0 Å². The molecule has 3 rings (SSSR count). The average Bonchev–Trinajstić information content (AvgIpc) is 2.68. The van der Waals surface area contributed by atoms with E-state index >= 15 is 0 Å². The van der Waals surface area contributed by atoms with E-state index in [1.807, 2.05) is 25.1 Å². The van der Waals surface area contributed by atoms with Crippen LogP contribution in [0.1, 0.15) is 15.9 Å². The Hall–Kier alpha value is -2.09. The molecule has 1 amide bonds. The quantitative estimate of drug-likeness (QED) is 0.778. The Balaban J connectivity index is 1.49. The molecule has 1 heterocycles. The minimum atomic E-state index is -3.42. The van der Waals surface area contributed by atoms with Gasteiger partial charge in [0.25, 0.3) is 5.91 Å². The summed E-state index contributed by atoms with van der Waals surface area (Å²) in [6.45, 7) is 4.29. The lowest BCUT2D eigenvalue weighted by Crippen LogP contribution is -2.50. The number of amides is 1.